The zero-order valence-electron chi connectivity index (χ0n) is 10.7. The van der Waals surface area contributed by atoms with E-state index in [0.717, 1.165) is 0 Å². The lowest BCUT2D eigenvalue weighted by atomic mass is 9.75. The highest BCUT2D eigenvalue weighted by atomic mass is 16.7. The van der Waals surface area contributed by atoms with Crippen LogP contribution in [0.1, 0.15) is 33.6 Å². The molecule has 98 valence electrons. The van der Waals surface area contributed by atoms with E-state index in [0.29, 0.717) is 6.42 Å². The molecule has 0 amide bonds. The third-order valence-corrected chi connectivity index (χ3v) is 3.62. The van der Waals surface area contributed by atoms with Crippen LogP contribution in [-0.2, 0) is 23.8 Å². The summed E-state index contributed by atoms with van der Waals surface area (Å²) < 4.78 is 16.0. The third kappa shape index (κ3) is 1.87. The lowest BCUT2D eigenvalue weighted by Gasteiger charge is -2.37. The SMILES string of the molecule is C#C[C@]1(OC(C)=O)C[C@@H](OC(C)=O)C[C@@H]2O[C@@]21C. The van der Waals surface area contributed by atoms with Gasteiger partial charge in [-0.1, -0.05) is 5.92 Å². The van der Waals surface area contributed by atoms with E-state index in [1.54, 1.807) is 0 Å². The number of carbonyl (C=O) groups excluding carboxylic acids is 2. The van der Waals surface area contributed by atoms with Gasteiger partial charge >= 0.3 is 11.9 Å². The summed E-state index contributed by atoms with van der Waals surface area (Å²) in [7, 11) is 0. The number of fused-ring (bicyclic) bond motifs is 1. The quantitative estimate of drug-likeness (QED) is 0.413. The van der Waals surface area contributed by atoms with E-state index in [9.17, 15) is 9.59 Å². The van der Waals surface area contributed by atoms with Crippen molar-refractivity contribution in [3.05, 3.63) is 0 Å². The van der Waals surface area contributed by atoms with Crippen molar-refractivity contribution in [1.29, 1.82) is 0 Å². The van der Waals surface area contributed by atoms with Crippen molar-refractivity contribution >= 4 is 11.9 Å². The predicted molar refractivity (Wildman–Crippen MR) is 61.4 cm³/mol. The van der Waals surface area contributed by atoms with Crippen molar-refractivity contribution in [2.75, 3.05) is 0 Å². The Bertz CT molecular complexity index is 437. The van der Waals surface area contributed by atoms with E-state index < -0.39 is 17.2 Å². The summed E-state index contributed by atoms with van der Waals surface area (Å²) in [6, 6.07) is 0. The number of epoxide rings is 1. The minimum atomic E-state index is -1.15. The molecule has 1 aliphatic carbocycles. The largest absolute Gasteiger partial charge is 0.462 e. The number of ether oxygens (including phenoxy) is 3. The molecule has 0 unspecified atom stereocenters. The molecule has 0 radical (unpaired) electrons. The van der Waals surface area contributed by atoms with Crippen LogP contribution in [-0.4, -0.2) is 35.3 Å². The maximum Gasteiger partial charge on any atom is 0.304 e. The molecular formula is C13H16O5. The Balaban J connectivity index is 2.23. The van der Waals surface area contributed by atoms with Crippen LogP contribution in [0.4, 0.5) is 0 Å². The van der Waals surface area contributed by atoms with E-state index in [1.165, 1.54) is 13.8 Å². The fourth-order valence-corrected chi connectivity index (χ4v) is 2.68. The van der Waals surface area contributed by atoms with Gasteiger partial charge in [-0.05, 0) is 6.92 Å². The molecule has 2 fully saturated rings. The Hall–Kier alpha value is -1.54. The molecule has 1 saturated heterocycles. The van der Waals surface area contributed by atoms with Gasteiger partial charge in [0.05, 0.1) is 6.10 Å². The van der Waals surface area contributed by atoms with Gasteiger partial charge in [-0.25, -0.2) is 0 Å². The highest BCUT2D eigenvalue weighted by molar-refractivity contribution is 5.68. The van der Waals surface area contributed by atoms with Crippen LogP contribution in [0.3, 0.4) is 0 Å². The summed E-state index contributed by atoms with van der Waals surface area (Å²) in [4.78, 5) is 22.2. The average Bonchev–Trinajstić information content (AvgIpc) is 2.88. The Labute approximate surface area is 106 Å². The number of rotatable bonds is 2. The van der Waals surface area contributed by atoms with Gasteiger partial charge in [0.15, 0.2) is 0 Å². The molecule has 0 N–H and O–H groups in total. The maximum absolute atomic E-state index is 11.2. The van der Waals surface area contributed by atoms with Crippen LogP contribution in [0.5, 0.6) is 0 Å². The maximum atomic E-state index is 11.2. The Morgan fingerprint density at radius 3 is 2.56 bits per heavy atom. The van der Waals surface area contributed by atoms with Gasteiger partial charge in [0, 0.05) is 26.7 Å². The Morgan fingerprint density at radius 2 is 2.06 bits per heavy atom. The number of esters is 2. The van der Waals surface area contributed by atoms with Crippen LogP contribution in [0.2, 0.25) is 0 Å². The van der Waals surface area contributed by atoms with Gasteiger partial charge in [-0.2, -0.15) is 0 Å². The van der Waals surface area contributed by atoms with Gasteiger partial charge in [-0.3, -0.25) is 9.59 Å². The minimum Gasteiger partial charge on any atom is -0.462 e. The van der Waals surface area contributed by atoms with E-state index in [1.807, 2.05) is 6.92 Å². The first kappa shape index (κ1) is 12.9. The summed E-state index contributed by atoms with van der Waals surface area (Å²) in [6.45, 7) is 4.46. The van der Waals surface area contributed by atoms with Crippen LogP contribution in [0.15, 0.2) is 0 Å². The van der Waals surface area contributed by atoms with Crippen molar-refractivity contribution in [2.24, 2.45) is 0 Å². The molecule has 1 aliphatic heterocycles. The first-order chi connectivity index (χ1) is 8.33. The molecule has 4 atom stereocenters. The van der Waals surface area contributed by atoms with Crippen LogP contribution < -0.4 is 0 Å². The second kappa shape index (κ2) is 3.99. The second-order valence-electron chi connectivity index (χ2n) is 4.95. The molecule has 5 heteroatoms. The molecule has 0 spiro atoms. The van der Waals surface area contributed by atoms with Crippen molar-refractivity contribution in [2.45, 2.75) is 57.0 Å². The smallest absolute Gasteiger partial charge is 0.304 e. The summed E-state index contributed by atoms with van der Waals surface area (Å²) in [5, 5.41) is 0. The highest BCUT2D eigenvalue weighted by Gasteiger charge is 2.71. The minimum absolute atomic E-state index is 0.133. The van der Waals surface area contributed by atoms with E-state index in [-0.39, 0.29) is 24.6 Å². The van der Waals surface area contributed by atoms with Gasteiger partial charge < -0.3 is 14.2 Å². The highest BCUT2D eigenvalue weighted by Crippen LogP contribution is 2.55. The zero-order chi connectivity index (χ0) is 13.6. The Kier molecular flexibility index (Phi) is 2.86. The molecule has 0 aromatic carbocycles. The number of terminal acetylenes is 1. The number of hydrogen-bond donors (Lipinski definition) is 0. The lowest BCUT2D eigenvalue weighted by molar-refractivity contribution is -0.165. The fraction of sp³-hybridized carbons (Fsp3) is 0.692. The van der Waals surface area contributed by atoms with Crippen LogP contribution in [0.25, 0.3) is 0 Å². The van der Waals surface area contributed by atoms with Crippen molar-refractivity contribution < 1.29 is 23.8 Å². The van der Waals surface area contributed by atoms with E-state index in [2.05, 4.69) is 5.92 Å². The standard InChI is InChI=1S/C13H16O5/c1-5-13(17-9(3)15)7-10(16-8(2)14)6-11-12(13,4)18-11/h1,10-11H,6-7H2,2-4H3/t10-,11-,12-,13-/m0/s1. The predicted octanol–water partition coefficient (Wildman–Crippen LogP) is 0.804. The second-order valence-corrected chi connectivity index (χ2v) is 4.95. The van der Waals surface area contributed by atoms with Crippen molar-refractivity contribution in [1.82, 2.24) is 0 Å². The third-order valence-electron chi connectivity index (χ3n) is 3.62. The molecule has 18 heavy (non-hydrogen) atoms. The summed E-state index contributed by atoms with van der Waals surface area (Å²) in [6.07, 6.45) is 5.88. The van der Waals surface area contributed by atoms with Crippen LogP contribution in [0, 0.1) is 12.3 Å². The van der Waals surface area contributed by atoms with Gasteiger partial charge in [0.25, 0.3) is 0 Å². The molecule has 2 rings (SSSR count). The van der Waals surface area contributed by atoms with E-state index >= 15 is 0 Å². The van der Waals surface area contributed by atoms with Gasteiger partial charge in [0.1, 0.15) is 11.7 Å². The molecule has 1 saturated carbocycles. The normalized spacial score (nSPS) is 41.2. The topological polar surface area (TPSA) is 65.1 Å². The van der Waals surface area contributed by atoms with Crippen molar-refractivity contribution in [3.63, 3.8) is 0 Å². The molecule has 2 aliphatic rings. The van der Waals surface area contributed by atoms with Crippen LogP contribution >= 0.6 is 0 Å². The molecule has 5 nitrogen and oxygen atoms in total. The summed E-state index contributed by atoms with van der Waals surface area (Å²) in [5.41, 5.74) is -1.81. The van der Waals surface area contributed by atoms with E-state index in [4.69, 9.17) is 20.6 Å². The average molecular weight is 252 g/mol. The van der Waals surface area contributed by atoms with Crippen molar-refractivity contribution in [3.8, 4) is 12.3 Å². The van der Waals surface area contributed by atoms with Gasteiger partial charge in [0.2, 0.25) is 5.60 Å². The molecular weight excluding hydrogens is 236 g/mol. The number of carbonyl (C=O) groups is 2. The molecule has 0 bridgehead atoms. The first-order valence-electron chi connectivity index (χ1n) is 5.85. The Morgan fingerprint density at radius 1 is 1.39 bits per heavy atom. The lowest BCUT2D eigenvalue weighted by Crippen LogP contribution is -2.53. The fourth-order valence-electron chi connectivity index (χ4n) is 2.68. The first-order valence-corrected chi connectivity index (χ1v) is 5.85. The molecule has 1 heterocycles. The summed E-state index contributed by atoms with van der Waals surface area (Å²) in [5.74, 6) is 1.68. The molecule has 0 aromatic rings. The monoisotopic (exact) mass is 252 g/mol. The summed E-state index contributed by atoms with van der Waals surface area (Å²) >= 11 is 0. The zero-order valence-corrected chi connectivity index (χ0v) is 10.7. The van der Waals surface area contributed by atoms with Gasteiger partial charge in [-0.15, -0.1) is 6.42 Å². The molecule has 0 aromatic heterocycles. The number of hydrogen-bond acceptors (Lipinski definition) is 5.